The lowest BCUT2D eigenvalue weighted by Gasteiger charge is -2.23. The van der Waals surface area contributed by atoms with Gasteiger partial charge in [0.15, 0.2) is 11.5 Å². The number of ether oxygens (including phenoxy) is 2. The number of esters is 1. The number of anilines is 1. The first-order valence-corrected chi connectivity index (χ1v) is 16.3. The number of nitrogens with one attached hydrogen (secondary N) is 1. The number of aliphatic hydroxyl groups excluding tert-OH is 1. The largest absolute Gasteiger partial charge is 0.504 e. The smallest absolute Gasteiger partial charge is 0.302 e. The molecule has 2 aliphatic rings. The Hall–Kier alpha value is -4.16. The summed E-state index contributed by atoms with van der Waals surface area (Å²) in [5.41, 5.74) is 4.51. The number of carbonyl (C=O) groups is 2. The van der Waals surface area contributed by atoms with E-state index >= 15 is 0 Å². The van der Waals surface area contributed by atoms with Crippen LogP contribution in [0.4, 0.5) is 5.82 Å². The van der Waals surface area contributed by atoms with E-state index in [9.17, 15) is 19.8 Å². The third-order valence-corrected chi connectivity index (χ3v) is 8.89. The second kappa shape index (κ2) is 17.5. The van der Waals surface area contributed by atoms with Gasteiger partial charge in [-0.1, -0.05) is 31.3 Å². The lowest BCUT2D eigenvalue weighted by atomic mass is 9.84. The number of rotatable bonds is 7. The number of hydrogen-bond acceptors (Lipinski definition) is 9. The first-order valence-electron chi connectivity index (χ1n) is 16.3. The summed E-state index contributed by atoms with van der Waals surface area (Å²) in [6.45, 7) is 4.70. The Labute approximate surface area is 272 Å². The van der Waals surface area contributed by atoms with Gasteiger partial charge in [0.2, 0.25) is 0 Å². The monoisotopic (exact) mass is 629 g/mol. The third kappa shape index (κ3) is 10.2. The number of phenolic OH excluding ortho intramolecular Hbond substituents is 1. The summed E-state index contributed by atoms with van der Waals surface area (Å²) in [6, 6.07) is 9.11. The maximum absolute atomic E-state index is 13.5. The quantitative estimate of drug-likeness (QED) is 0.247. The van der Waals surface area contributed by atoms with Crippen molar-refractivity contribution < 1.29 is 29.3 Å². The molecule has 2 aromatic rings. The predicted octanol–water partition coefficient (Wildman–Crippen LogP) is 6.11. The van der Waals surface area contributed by atoms with E-state index in [4.69, 9.17) is 9.47 Å². The number of nitrogens with zero attached hydrogens (tertiary/aromatic N) is 2. The molecule has 0 fully saturated rings. The van der Waals surface area contributed by atoms with Crippen LogP contribution in [0.1, 0.15) is 94.6 Å². The van der Waals surface area contributed by atoms with Crippen molar-refractivity contribution in [3.05, 3.63) is 58.8 Å². The molecular weight excluding hydrogens is 582 g/mol. The highest BCUT2D eigenvalue weighted by atomic mass is 16.5. The number of fused-ring (bicyclic) bond motifs is 2. The van der Waals surface area contributed by atoms with Crippen molar-refractivity contribution in [2.75, 3.05) is 32.1 Å². The van der Waals surface area contributed by atoms with Gasteiger partial charge in [0.25, 0.3) is 0 Å². The molecule has 9 nitrogen and oxygen atoms in total. The van der Waals surface area contributed by atoms with E-state index in [1.807, 2.05) is 12.3 Å². The van der Waals surface area contributed by atoms with E-state index in [1.165, 1.54) is 25.2 Å². The summed E-state index contributed by atoms with van der Waals surface area (Å²) in [4.78, 5) is 34.6. The molecule has 1 aromatic heterocycles. The van der Waals surface area contributed by atoms with E-state index in [2.05, 4.69) is 40.1 Å². The zero-order valence-electron chi connectivity index (χ0n) is 27.3. The SMILES string of the molecule is CCC1CCC(OC(C)=O)CC(=O)CC(c2ccc(O)c(OC)c2)C#CCNc2cc(ccn2)C(CCCO)CC2=C(C=NC2)C1. The molecule has 2 aliphatic heterocycles. The van der Waals surface area contributed by atoms with Crippen molar-refractivity contribution in [3.63, 3.8) is 0 Å². The molecule has 0 radical (unpaired) electrons. The maximum Gasteiger partial charge on any atom is 0.302 e. The molecule has 0 saturated carbocycles. The molecule has 2 bridgehead atoms. The third-order valence-electron chi connectivity index (χ3n) is 8.89. The van der Waals surface area contributed by atoms with E-state index < -0.39 is 18.0 Å². The van der Waals surface area contributed by atoms with Gasteiger partial charge < -0.3 is 25.0 Å². The summed E-state index contributed by atoms with van der Waals surface area (Å²) in [5, 5.41) is 23.1. The fraction of sp³-hybridized carbons (Fsp3) is 0.514. The number of aliphatic imine (C=N–C) groups is 1. The topological polar surface area (TPSA) is 130 Å². The van der Waals surface area contributed by atoms with Crippen LogP contribution in [0.5, 0.6) is 11.5 Å². The molecule has 0 amide bonds. The van der Waals surface area contributed by atoms with Crippen molar-refractivity contribution in [1.29, 1.82) is 0 Å². The van der Waals surface area contributed by atoms with Crippen LogP contribution in [0.15, 0.2) is 52.7 Å². The summed E-state index contributed by atoms with van der Waals surface area (Å²) in [5.74, 6) is 7.11. The first-order chi connectivity index (χ1) is 22.3. The zero-order chi connectivity index (χ0) is 32.9. The number of allylic oxidation sites excluding steroid dienone is 1. The molecular formula is C37H47N3O6. The average Bonchev–Trinajstić information content (AvgIpc) is 3.48. The van der Waals surface area contributed by atoms with E-state index in [-0.39, 0.29) is 36.9 Å². The van der Waals surface area contributed by atoms with Crippen molar-refractivity contribution >= 4 is 23.8 Å². The van der Waals surface area contributed by atoms with Gasteiger partial charge in [-0.3, -0.25) is 14.6 Å². The molecule has 4 atom stereocenters. The number of carbonyl (C=O) groups excluding carboxylic acids is 2. The Bertz CT molecular complexity index is 1470. The molecule has 9 heteroatoms. The number of methoxy groups -OCH3 is 1. The highest BCUT2D eigenvalue weighted by Gasteiger charge is 2.24. The van der Waals surface area contributed by atoms with Crippen molar-refractivity contribution in [2.24, 2.45) is 10.9 Å². The second-order valence-electron chi connectivity index (χ2n) is 12.2. The van der Waals surface area contributed by atoms with Crippen LogP contribution >= 0.6 is 0 Å². The van der Waals surface area contributed by atoms with Crippen LogP contribution in [-0.4, -0.2) is 66.1 Å². The second-order valence-corrected chi connectivity index (χ2v) is 12.2. The first kappa shape index (κ1) is 34.7. The van der Waals surface area contributed by atoms with Crippen LogP contribution in [0, 0.1) is 17.8 Å². The van der Waals surface area contributed by atoms with Crippen LogP contribution in [0.3, 0.4) is 0 Å². The molecule has 4 rings (SSSR count). The van der Waals surface area contributed by atoms with Crippen LogP contribution < -0.4 is 10.1 Å². The average molecular weight is 630 g/mol. The van der Waals surface area contributed by atoms with Gasteiger partial charge in [-0.05, 0) is 96.9 Å². The highest BCUT2D eigenvalue weighted by Crippen LogP contribution is 2.35. The number of aromatic nitrogens is 1. The Morgan fingerprint density at radius 1 is 1.11 bits per heavy atom. The van der Waals surface area contributed by atoms with Gasteiger partial charge in [-0.15, -0.1) is 0 Å². The summed E-state index contributed by atoms with van der Waals surface area (Å²) in [6.07, 6.45) is 9.21. The van der Waals surface area contributed by atoms with Gasteiger partial charge in [0.1, 0.15) is 17.7 Å². The molecule has 0 spiro atoms. The number of ketones is 1. The van der Waals surface area contributed by atoms with Crippen molar-refractivity contribution in [1.82, 2.24) is 4.98 Å². The number of hydrogen-bond donors (Lipinski definition) is 3. The van der Waals surface area contributed by atoms with Gasteiger partial charge >= 0.3 is 5.97 Å². The number of phenols is 1. The van der Waals surface area contributed by atoms with Gasteiger partial charge in [-0.25, -0.2) is 4.98 Å². The maximum atomic E-state index is 13.5. The van der Waals surface area contributed by atoms with E-state index in [0.29, 0.717) is 43.4 Å². The highest BCUT2D eigenvalue weighted by molar-refractivity contribution is 5.82. The number of Topliss-reactive ketones (excluding diaryl/α,β-unsaturated/α-hetero) is 1. The number of benzene rings is 1. The predicted molar refractivity (Wildman–Crippen MR) is 179 cm³/mol. The zero-order valence-corrected chi connectivity index (χ0v) is 27.3. The minimum atomic E-state index is -0.515. The molecule has 3 N–H and O–H groups in total. The molecule has 0 saturated heterocycles. The summed E-state index contributed by atoms with van der Waals surface area (Å²) in [7, 11) is 1.48. The molecule has 4 unspecified atom stereocenters. The molecule has 46 heavy (non-hydrogen) atoms. The fourth-order valence-electron chi connectivity index (χ4n) is 6.33. The molecule has 3 heterocycles. The normalized spacial score (nSPS) is 22.7. The standard InChI is InChI=1S/C37H47N3O6/c1-4-26-9-11-34(46-25(2)42)22-33(43)19-28(29-10-12-35(44)36(20-29)45-3)7-5-14-39-37-21-30(13-15-40-37)27(8-6-16-41)18-32-24-38-23-31(32)17-26/h10,12-13,15,20-21,23,26-28,34,41,44H,4,6,8-9,11,14,16-19,22,24H2,1-3H3,(H,39,40). The number of aliphatic hydroxyl groups is 1. The molecule has 246 valence electrons. The number of pyridine rings is 1. The Morgan fingerprint density at radius 3 is 2.72 bits per heavy atom. The number of aromatic hydroxyl groups is 1. The van der Waals surface area contributed by atoms with Crippen molar-refractivity contribution in [2.45, 2.75) is 89.6 Å². The van der Waals surface area contributed by atoms with Gasteiger partial charge in [-0.2, -0.15) is 0 Å². The summed E-state index contributed by atoms with van der Waals surface area (Å²) >= 11 is 0. The minimum absolute atomic E-state index is 0.00882. The fourth-order valence-corrected chi connectivity index (χ4v) is 6.33. The van der Waals surface area contributed by atoms with Gasteiger partial charge in [0.05, 0.1) is 26.1 Å². The Morgan fingerprint density at radius 2 is 1.96 bits per heavy atom. The van der Waals surface area contributed by atoms with Gasteiger partial charge in [0, 0.05) is 38.8 Å². The summed E-state index contributed by atoms with van der Waals surface area (Å²) < 4.78 is 11.0. The van der Waals surface area contributed by atoms with Crippen LogP contribution in [0.25, 0.3) is 0 Å². The molecule has 0 aliphatic carbocycles. The van der Waals surface area contributed by atoms with E-state index in [1.54, 1.807) is 24.4 Å². The van der Waals surface area contributed by atoms with Crippen molar-refractivity contribution in [3.8, 4) is 23.3 Å². The van der Waals surface area contributed by atoms with Crippen LogP contribution in [-0.2, 0) is 14.3 Å². The Kier molecular flexibility index (Phi) is 13.2. The lowest BCUT2D eigenvalue weighted by Crippen LogP contribution is -2.22. The minimum Gasteiger partial charge on any atom is -0.504 e. The Balaban J connectivity index is 1.68. The van der Waals surface area contributed by atoms with Crippen LogP contribution in [0.2, 0.25) is 0 Å². The van der Waals surface area contributed by atoms with E-state index in [0.717, 1.165) is 43.2 Å². The lowest BCUT2D eigenvalue weighted by molar-refractivity contribution is -0.148. The molecule has 1 aromatic carbocycles.